The van der Waals surface area contributed by atoms with Gasteiger partial charge < -0.3 is 9.47 Å². The molecule has 0 fully saturated rings. The number of aromatic nitrogens is 2. The van der Waals surface area contributed by atoms with Crippen LogP contribution in [0.15, 0.2) is 67.4 Å². The topological polar surface area (TPSA) is 65.7 Å². The average Bonchev–Trinajstić information content (AvgIpc) is 2.85. The van der Waals surface area contributed by atoms with Crippen molar-refractivity contribution in [3.8, 4) is 22.9 Å². The Morgan fingerprint density at radius 1 is 1.11 bits per heavy atom. The summed E-state index contributed by atoms with van der Waals surface area (Å²) in [6.45, 7) is 8.68. The largest absolute Gasteiger partial charge is 0.496 e. The molecule has 0 saturated heterocycles. The summed E-state index contributed by atoms with van der Waals surface area (Å²) in [5.74, 6) is 2.23. The van der Waals surface area contributed by atoms with Gasteiger partial charge in [-0.3, -0.25) is 4.79 Å². The van der Waals surface area contributed by atoms with Gasteiger partial charge in [-0.05, 0) is 105 Å². The van der Waals surface area contributed by atoms with Crippen molar-refractivity contribution >= 4 is 49.0 Å². The highest BCUT2D eigenvalue weighted by atomic mass is 79.9. The fourth-order valence-corrected chi connectivity index (χ4v) is 5.48. The average molecular weight is 613 g/mol. The van der Waals surface area contributed by atoms with E-state index in [0.717, 1.165) is 42.7 Å². The number of benzene rings is 3. The molecular weight excluding hydrogens is 586 g/mol. The Morgan fingerprint density at radius 3 is 2.44 bits per heavy atom. The van der Waals surface area contributed by atoms with Crippen molar-refractivity contribution in [3.63, 3.8) is 0 Å². The zero-order chi connectivity index (χ0) is 26.0. The van der Waals surface area contributed by atoms with Crippen molar-refractivity contribution in [3.05, 3.63) is 84.5 Å². The third-order valence-corrected chi connectivity index (χ3v) is 7.00. The second-order valence-electron chi connectivity index (χ2n) is 8.62. The van der Waals surface area contributed by atoms with Gasteiger partial charge in [0.2, 0.25) is 0 Å². The first kappa shape index (κ1) is 26.1. The van der Waals surface area contributed by atoms with Crippen LogP contribution in [0.5, 0.6) is 11.5 Å². The Morgan fingerprint density at radius 2 is 1.81 bits per heavy atom. The minimum absolute atomic E-state index is 0.224. The Balaban J connectivity index is 1.94. The molecule has 0 aliphatic heterocycles. The van der Waals surface area contributed by atoms with Crippen LogP contribution in [0.1, 0.15) is 43.4 Å². The van der Waals surface area contributed by atoms with Gasteiger partial charge in [0.25, 0.3) is 5.56 Å². The standard InChI is InChI=1S/C28H27Br2N3O3/c1-6-36-26-22(29)12-18(13-23(26)30)15-31-33-27(32-24-10-8-7-9-19(24)28(33)34)21-14-20(16(2)3)25(35-5)11-17(21)4/h7-16H,6H2,1-5H3. The van der Waals surface area contributed by atoms with Crippen molar-refractivity contribution in [1.82, 2.24) is 9.66 Å². The molecule has 0 aliphatic carbocycles. The Hall–Kier alpha value is -2.97. The molecular formula is C28H27Br2N3O3. The number of nitrogens with zero attached hydrogens (tertiary/aromatic N) is 3. The summed E-state index contributed by atoms with van der Waals surface area (Å²) in [6, 6.07) is 15.1. The molecule has 1 aromatic heterocycles. The Kier molecular flexibility index (Phi) is 7.95. The molecule has 0 radical (unpaired) electrons. The quantitative estimate of drug-likeness (QED) is 0.205. The van der Waals surface area contributed by atoms with E-state index in [1.54, 1.807) is 19.4 Å². The molecule has 3 aromatic carbocycles. The molecule has 0 unspecified atom stereocenters. The first-order valence-corrected chi connectivity index (χ1v) is 13.2. The lowest BCUT2D eigenvalue weighted by molar-refractivity contribution is 0.336. The summed E-state index contributed by atoms with van der Waals surface area (Å²) < 4.78 is 14.3. The molecule has 36 heavy (non-hydrogen) atoms. The van der Waals surface area contributed by atoms with Crippen LogP contribution in [0, 0.1) is 6.92 Å². The van der Waals surface area contributed by atoms with E-state index in [0.29, 0.717) is 23.3 Å². The minimum Gasteiger partial charge on any atom is -0.496 e. The van der Waals surface area contributed by atoms with Gasteiger partial charge in [0.15, 0.2) is 5.82 Å². The number of methoxy groups -OCH3 is 1. The van der Waals surface area contributed by atoms with Crippen LogP contribution < -0.4 is 15.0 Å². The number of aryl methyl sites for hydroxylation is 1. The van der Waals surface area contributed by atoms with E-state index in [1.807, 2.05) is 56.3 Å². The zero-order valence-corrected chi connectivity index (χ0v) is 24.0. The normalized spacial score (nSPS) is 11.6. The van der Waals surface area contributed by atoms with Gasteiger partial charge in [0, 0.05) is 5.56 Å². The molecule has 1 heterocycles. The number of hydrogen-bond acceptors (Lipinski definition) is 5. The van der Waals surface area contributed by atoms with Crippen molar-refractivity contribution in [2.75, 3.05) is 13.7 Å². The second-order valence-corrected chi connectivity index (χ2v) is 10.3. The van der Waals surface area contributed by atoms with Crippen LogP contribution >= 0.6 is 31.9 Å². The number of rotatable bonds is 7. The lowest BCUT2D eigenvalue weighted by Gasteiger charge is -2.17. The fourth-order valence-electron chi connectivity index (χ4n) is 4.03. The maximum Gasteiger partial charge on any atom is 0.282 e. The highest BCUT2D eigenvalue weighted by Gasteiger charge is 2.18. The van der Waals surface area contributed by atoms with Gasteiger partial charge in [-0.15, -0.1) is 0 Å². The van der Waals surface area contributed by atoms with E-state index < -0.39 is 0 Å². The lowest BCUT2D eigenvalue weighted by atomic mass is 9.96. The predicted octanol–water partition coefficient (Wildman–Crippen LogP) is 7.31. The summed E-state index contributed by atoms with van der Waals surface area (Å²) >= 11 is 7.12. The number of ether oxygens (including phenoxy) is 2. The van der Waals surface area contributed by atoms with Crippen molar-refractivity contribution in [1.29, 1.82) is 0 Å². The molecule has 186 valence electrons. The molecule has 8 heteroatoms. The zero-order valence-electron chi connectivity index (χ0n) is 20.8. The van der Waals surface area contributed by atoms with Crippen LogP contribution in [-0.2, 0) is 0 Å². The smallest absolute Gasteiger partial charge is 0.282 e. The van der Waals surface area contributed by atoms with Gasteiger partial charge in [-0.25, -0.2) is 4.98 Å². The number of fused-ring (bicyclic) bond motifs is 1. The van der Waals surface area contributed by atoms with Gasteiger partial charge >= 0.3 is 0 Å². The van der Waals surface area contributed by atoms with Crippen LogP contribution in [0.4, 0.5) is 0 Å². The van der Waals surface area contributed by atoms with Gasteiger partial charge in [-0.1, -0.05) is 26.0 Å². The van der Waals surface area contributed by atoms with Crippen LogP contribution in [0.2, 0.25) is 0 Å². The Bertz CT molecular complexity index is 1500. The van der Waals surface area contributed by atoms with Crippen LogP contribution in [-0.4, -0.2) is 29.6 Å². The van der Waals surface area contributed by atoms with E-state index in [2.05, 4.69) is 50.8 Å². The molecule has 0 atom stereocenters. The van der Waals surface area contributed by atoms with Crippen LogP contribution in [0.3, 0.4) is 0 Å². The van der Waals surface area contributed by atoms with Crippen LogP contribution in [0.25, 0.3) is 22.3 Å². The maximum absolute atomic E-state index is 13.6. The second kappa shape index (κ2) is 11.0. The van der Waals surface area contributed by atoms with E-state index >= 15 is 0 Å². The molecule has 4 rings (SSSR count). The van der Waals surface area contributed by atoms with Gasteiger partial charge in [0.05, 0.1) is 39.8 Å². The highest BCUT2D eigenvalue weighted by Crippen LogP contribution is 2.35. The summed E-state index contributed by atoms with van der Waals surface area (Å²) in [4.78, 5) is 18.5. The fraction of sp³-hybridized carbons (Fsp3) is 0.250. The summed E-state index contributed by atoms with van der Waals surface area (Å²) in [5.41, 5.74) is 3.98. The van der Waals surface area contributed by atoms with E-state index in [1.165, 1.54) is 4.68 Å². The predicted molar refractivity (Wildman–Crippen MR) is 153 cm³/mol. The maximum atomic E-state index is 13.6. The molecule has 6 nitrogen and oxygen atoms in total. The minimum atomic E-state index is -0.239. The monoisotopic (exact) mass is 611 g/mol. The molecule has 0 amide bonds. The van der Waals surface area contributed by atoms with E-state index in [4.69, 9.17) is 14.5 Å². The molecule has 0 aliphatic rings. The van der Waals surface area contributed by atoms with Gasteiger partial charge in [0.1, 0.15) is 11.5 Å². The summed E-state index contributed by atoms with van der Waals surface area (Å²) in [7, 11) is 1.67. The summed E-state index contributed by atoms with van der Waals surface area (Å²) in [6.07, 6.45) is 1.65. The third kappa shape index (κ3) is 5.11. The number of hydrogen-bond donors (Lipinski definition) is 0. The van der Waals surface area contributed by atoms with Crippen molar-refractivity contribution in [2.24, 2.45) is 5.10 Å². The third-order valence-electron chi connectivity index (χ3n) is 5.82. The SMILES string of the molecule is CCOc1c(Br)cc(C=Nn2c(-c3cc(C(C)C)c(OC)cc3C)nc3ccccc3c2=O)cc1Br. The van der Waals surface area contributed by atoms with Crippen molar-refractivity contribution < 1.29 is 9.47 Å². The highest BCUT2D eigenvalue weighted by molar-refractivity contribution is 9.11. The molecule has 0 spiro atoms. The molecule has 4 aromatic rings. The van der Waals surface area contributed by atoms with E-state index in [-0.39, 0.29) is 11.5 Å². The lowest BCUT2D eigenvalue weighted by Crippen LogP contribution is -2.20. The van der Waals surface area contributed by atoms with Crippen molar-refractivity contribution in [2.45, 2.75) is 33.6 Å². The Labute approximate surface area is 227 Å². The summed E-state index contributed by atoms with van der Waals surface area (Å²) in [5, 5.41) is 5.12. The van der Waals surface area contributed by atoms with E-state index in [9.17, 15) is 4.79 Å². The molecule has 0 N–H and O–H groups in total. The van der Waals surface area contributed by atoms with Gasteiger partial charge in [-0.2, -0.15) is 9.78 Å². The number of halogens is 2. The first-order valence-electron chi connectivity index (χ1n) is 11.6. The molecule has 0 bridgehead atoms. The number of para-hydroxylation sites is 1. The molecule has 0 saturated carbocycles. The first-order chi connectivity index (χ1) is 17.2.